The highest BCUT2D eigenvalue weighted by Gasteiger charge is 2.22. The number of carbonyl (C=O) groups is 1. The molecule has 20 heavy (non-hydrogen) atoms. The van der Waals surface area contributed by atoms with Crippen LogP contribution in [0, 0.1) is 0 Å². The second kappa shape index (κ2) is 7.32. The minimum Gasteiger partial charge on any atom is -0.480 e. The van der Waals surface area contributed by atoms with Crippen molar-refractivity contribution >= 4 is 11.7 Å². The largest absolute Gasteiger partial charge is 0.480 e. The van der Waals surface area contributed by atoms with E-state index in [4.69, 9.17) is 15.7 Å². The Morgan fingerprint density at radius 3 is 2.85 bits per heavy atom. The maximum Gasteiger partial charge on any atom is 0.259 e. The lowest BCUT2D eigenvalue weighted by Gasteiger charge is -2.27. The SMILES string of the molecule is COc1ncccc1C(=O)N(CCC(N)=NO)C(C)C. The average molecular weight is 280 g/mol. The second-order valence-electron chi connectivity index (χ2n) is 4.49. The molecular weight excluding hydrogens is 260 g/mol. The molecule has 7 heteroatoms. The molecule has 1 amide bonds. The summed E-state index contributed by atoms with van der Waals surface area (Å²) in [4.78, 5) is 18.2. The van der Waals surface area contributed by atoms with E-state index < -0.39 is 0 Å². The van der Waals surface area contributed by atoms with E-state index in [1.807, 2.05) is 13.8 Å². The number of hydrogen-bond acceptors (Lipinski definition) is 5. The van der Waals surface area contributed by atoms with Crippen LogP contribution >= 0.6 is 0 Å². The first kappa shape index (κ1) is 15.7. The summed E-state index contributed by atoms with van der Waals surface area (Å²) in [7, 11) is 1.47. The Bertz CT molecular complexity index is 488. The van der Waals surface area contributed by atoms with Crippen molar-refractivity contribution in [1.82, 2.24) is 9.88 Å². The van der Waals surface area contributed by atoms with Gasteiger partial charge in [0, 0.05) is 25.2 Å². The topological polar surface area (TPSA) is 101 Å². The molecule has 0 atom stereocenters. The molecule has 110 valence electrons. The van der Waals surface area contributed by atoms with Crippen LogP contribution in [0.1, 0.15) is 30.6 Å². The summed E-state index contributed by atoms with van der Waals surface area (Å²) >= 11 is 0. The van der Waals surface area contributed by atoms with Gasteiger partial charge in [-0.15, -0.1) is 0 Å². The van der Waals surface area contributed by atoms with Gasteiger partial charge in [0.15, 0.2) is 0 Å². The van der Waals surface area contributed by atoms with E-state index in [1.54, 1.807) is 23.2 Å². The lowest BCUT2D eigenvalue weighted by atomic mass is 10.2. The van der Waals surface area contributed by atoms with E-state index >= 15 is 0 Å². The zero-order chi connectivity index (χ0) is 15.1. The Morgan fingerprint density at radius 1 is 1.60 bits per heavy atom. The standard InChI is InChI=1S/C13H20N4O3/c1-9(2)17(8-6-11(14)16-19)13(18)10-5-4-7-15-12(10)20-3/h4-5,7,9,19H,6,8H2,1-3H3,(H2,14,16). The van der Waals surface area contributed by atoms with E-state index in [0.29, 0.717) is 18.5 Å². The van der Waals surface area contributed by atoms with Crippen molar-refractivity contribution in [2.24, 2.45) is 10.9 Å². The number of methoxy groups -OCH3 is 1. The molecule has 0 saturated carbocycles. The van der Waals surface area contributed by atoms with Gasteiger partial charge in [-0.05, 0) is 26.0 Å². The molecule has 0 fully saturated rings. The van der Waals surface area contributed by atoms with Gasteiger partial charge < -0.3 is 20.6 Å². The molecule has 0 aliphatic rings. The van der Waals surface area contributed by atoms with Crippen LogP contribution in [-0.4, -0.2) is 46.5 Å². The van der Waals surface area contributed by atoms with Gasteiger partial charge in [-0.3, -0.25) is 4.79 Å². The van der Waals surface area contributed by atoms with Gasteiger partial charge in [-0.25, -0.2) is 4.98 Å². The van der Waals surface area contributed by atoms with Crippen molar-refractivity contribution in [3.8, 4) is 5.88 Å². The minimum atomic E-state index is -0.198. The Hall–Kier alpha value is -2.31. The molecule has 0 aliphatic heterocycles. The normalized spacial score (nSPS) is 11.5. The van der Waals surface area contributed by atoms with E-state index in [0.717, 1.165) is 0 Å². The number of hydrogen-bond donors (Lipinski definition) is 2. The lowest BCUT2D eigenvalue weighted by Crippen LogP contribution is -2.39. The fourth-order valence-electron chi connectivity index (χ4n) is 1.75. The van der Waals surface area contributed by atoms with Gasteiger partial charge in [-0.1, -0.05) is 5.16 Å². The van der Waals surface area contributed by atoms with Crippen LogP contribution in [0.25, 0.3) is 0 Å². The number of rotatable bonds is 6. The fourth-order valence-corrected chi connectivity index (χ4v) is 1.75. The van der Waals surface area contributed by atoms with Gasteiger partial charge in [0.25, 0.3) is 5.91 Å². The quantitative estimate of drug-likeness (QED) is 0.351. The first-order chi connectivity index (χ1) is 9.51. The summed E-state index contributed by atoms with van der Waals surface area (Å²) in [5.41, 5.74) is 5.83. The molecule has 0 radical (unpaired) electrons. The molecule has 1 rings (SSSR count). The van der Waals surface area contributed by atoms with Crippen molar-refractivity contribution in [2.75, 3.05) is 13.7 Å². The maximum absolute atomic E-state index is 12.5. The number of aromatic nitrogens is 1. The highest BCUT2D eigenvalue weighted by Crippen LogP contribution is 2.17. The van der Waals surface area contributed by atoms with E-state index in [2.05, 4.69) is 10.1 Å². The van der Waals surface area contributed by atoms with E-state index in [1.165, 1.54) is 7.11 Å². The second-order valence-corrected chi connectivity index (χ2v) is 4.49. The third-order valence-electron chi connectivity index (χ3n) is 2.82. The van der Waals surface area contributed by atoms with Crippen LogP contribution in [0.3, 0.4) is 0 Å². The highest BCUT2D eigenvalue weighted by molar-refractivity contribution is 5.96. The summed E-state index contributed by atoms with van der Waals surface area (Å²) in [6, 6.07) is 3.31. The van der Waals surface area contributed by atoms with Crippen molar-refractivity contribution < 1.29 is 14.7 Å². The Balaban J connectivity index is 2.94. The Kier molecular flexibility index (Phi) is 5.76. The highest BCUT2D eigenvalue weighted by atomic mass is 16.5. The van der Waals surface area contributed by atoms with Crippen LogP contribution in [0.4, 0.5) is 0 Å². The number of nitrogens with zero attached hydrogens (tertiary/aromatic N) is 3. The summed E-state index contributed by atoms with van der Waals surface area (Å²) < 4.78 is 5.10. The van der Waals surface area contributed by atoms with E-state index in [9.17, 15) is 4.79 Å². The summed E-state index contributed by atoms with van der Waals surface area (Å²) in [6.07, 6.45) is 1.86. The molecule has 0 bridgehead atoms. The predicted octanol–water partition coefficient (Wildman–Crippen LogP) is 1.08. The zero-order valence-corrected chi connectivity index (χ0v) is 11.9. The maximum atomic E-state index is 12.5. The van der Waals surface area contributed by atoms with E-state index in [-0.39, 0.29) is 23.7 Å². The third kappa shape index (κ3) is 3.84. The summed E-state index contributed by atoms with van der Waals surface area (Å²) in [5.74, 6) is 0.171. The van der Waals surface area contributed by atoms with Crippen LogP contribution in [0.2, 0.25) is 0 Å². The predicted molar refractivity (Wildman–Crippen MR) is 75.0 cm³/mol. The molecule has 0 aromatic carbocycles. The lowest BCUT2D eigenvalue weighted by molar-refractivity contribution is 0.0706. The molecular formula is C13H20N4O3. The minimum absolute atomic E-state index is 0.0288. The number of nitrogens with two attached hydrogens (primary N) is 1. The van der Waals surface area contributed by atoms with Crippen LogP contribution in [0.5, 0.6) is 5.88 Å². The number of amidine groups is 1. The van der Waals surface area contributed by atoms with Gasteiger partial charge >= 0.3 is 0 Å². The van der Waals surface area contributed by atoms with Crippen molar-refractivity contribution in [2.45, 2.75) is 26.3 Å². The molecule has 7 nitrogen and oxygen atoms in total. The van der Waals surface area contributed by atoms with Crippen LogP contribution in [0.15, 0.2) is 23.5 Å². The van der Waals surface area contributed by atoms with Gasteiger partial charge in [0.2, 0.25) is 5.88 Å². The van der Waals surface area contributed by atoms with Gasteiger partial charge in [0.05, 0.1) is 7.11 Å². The number of oxime groups is 1. The number of carbonyl (C=O) groups excluding carboxylic acids is 1. The fraction of sp³-hybridized carbons (Fsp3) is 0.462. The Morgan fingerprint density at radius 2 is 2.30 bits per heavy atom. The third-order valence-corrected chi connectivity index (χ3v) is 2.82. The van der Waals surface area contributed by atoms with Crippen molar-refractivity contribution in [3.63, 3.8) is 0 Å². The Labute approximate surface area is 118 Å². The van der Waals surface area contributed by atoms with Crippen LogP contribution < -0.4 is 10.5 Å². The van der Waals surface area contributed by atoms with Gasteiger partial charge in [-0.2, -0.15) is 0 Å². The molecule has 3 N–H and O–H groups in total. The average Bonchev–Trinajstić information content (AvgIpc) is 2.46. The molecule has 1 aromatic rings. The molecule has 1 heterocycles. The monoisotopic (exact) mass is 280 g/mol. The molecule has 1 aromatic heterocycles. The van der Waals surface area contributed by atoms with Crippen LogP contribution in [-0.2, 0) is 0 Å². The molecule has 0 aliphatic carbocycles. The number of amides is 1. The first-order valence-electron chi connectivity index (χ1n) is 6.27. The smallest absolute Gasteiger partial charge is 0.259 e. The molecule has 0 spiro atoms. The summed E-state index contributed by atoms with van der Waals surface area (Å²) in [5, 5.41) is 11.5. The molecule has 0 unspecified atom stereocenters. The van der Waals surface area contributed by atoms with Crippen molar-refractivity contribution in [3.05, 3.63) is 23.9 Å². The van der Waals surface area contributed by atoms with Crippen molar-refractivity contribution in [1.29, 1.82) is 0 Å². The molecule has 0 saturated heterocycles. The first-order valence-corrected chi connectivity index (χ1v) is 6.27. The number of ether oxygens (including phenoxy) is 1. The zero-order valence-electron chi connectivity index (χ0n) is 11.9. The number of pyridine rings is 1. The summed E-state index contributed by atoms with van der Waals surface area (Å²) in [6.45, 7) is 4.14. The van der Waals surface area contributed by atoms with Gasteiger partial charge in [0.1, 0.15) is 11.4 Å².